The van der Waals surface area contributed by atoms with Crippen LogP contribution in [0.2, 0.25) is 18.1 Å². The van der Waals surface area contributed by atoms with E-state index in [1.54, 1.807) is 12.1 Å². The number of benzene rings is 4. The highest BCUT2D eigenvalue weighted by molar-refractivity contribution is 9.09. The van der Waals surface area contributed by atoms with E-state index >= 15 is 0 Å². The van der Waals surface area contributed by atoms with E-state index in [9.17, 15) is 13.9 Å². The Morgan fingerprint density at radius 1 is 0.644 bits per heavy atom. The van der Waals surface area contributed by atoms with Crippen molar-refractivity contribution in [3.63, 3.8) is 0 Å². The second-order valence-electron chi connectivity index (χ2n) is 10.6. The van der Waals surface area contributed by atoms with Crippen molar-refractivity contribution in [3.8, 4) is 11.5 Å². The second kappa shape index (κ2) is 19.2. The molecule has 0 aliphatic heterocycles. The number of hydrogen-bond acceptors (Lipinski definition) is 4. The lowest BCUT2D eigenvalue weighted by atomic mass is 10.1. The largest absolute Gasteiger partial charge is 0.488 e. The predicted molar refractivity (Wildman–Crippen MR) is 188 cm³/mol. The van der Waals surface area contributed by atoms with Crippen molar-refractivity contribution < 1.29 is 27.8 Å². The molecule has 0 saturated carbocycles. The second-order valence-corrected chi connectivity index (χ2v) is 16.6. The number of hydrogen-bond donors (Lipinski definition) is 1. The van der Waals surface area contributed by atoms with Gasteiger partial charge in [-0.25, -0.2) is 8.78 Å². The molecule has 0 radical (unpaired) electrons. The highest BCUT2D eigenvalue weighted by atomic mass is 79.9. The molecule has 0 saturated heterocycles. The fraction of sp³-hybridized carbons (Fsp3) is 0.333. The fourth-order valence-electron chi connectivity index (χ4n) is 4.84. The lowest BCUT2D eigenvalue weighted by Gasteiger charge is -2.33. The molecule has 0 aromatic heterocycles. The molecular weight excluding hydrogens is 722 g/mol. The number of ether oxygens (including phenoxy) is 2. The molecule has 0 bridgehead atoms. The molecule has 1 N–H and O–H groups in total. The predicted octanol–water partition coefficient (Wildman–Crippen LogP) is 10.7. The Labute approximate surface area is 284 Å². The molecule has 4 rings (SSSR count). The van der Waals surface area contributed by atoms with Crippen LogP contribution in [0.1, 0.15) is 55.2 Å². The molecule has 4 aromatic rings. The molecular formula is C36H42Br2F2O4Si. The summed E-state index contributed by atoms with van der Waals surface area (Å²) in [4.78, 5) is 0. The van der Waals surface area contributed by atoms with Gasteiger partial charge in [-0.15, -0.1) is 0 Å². The zero-order valence-corrected chi connectivity index (χ0v) is 30.2. The van der Waals surface area contributed by atoms with Crippen LogP contribution in [0.4, 0.5) is 8.78 Å². The van der Waals surface area contributed by atoms with Gasteiger partial charge in [0.25, 0.3) is 0 Å². The first kappa shape index (κ1) is 36.9. The molecule has 0 aliphatic rings. The summed E-state index contributed by atoms with van der Waals surface area (Å²) < 4.78 is 45.3. The van der Waals surface area contributed by atoms with Crippen LogP contribution in [-0.4, -0.2) is 24.1 Å². The standard InChI is InChI=1S/C21H28BrFO2Si.C15H14BrFO2/c1-4-26(5-2,6-3)25-21(15-22)19-13-12-18(23)14-20(19)24-16-17-10-8-7-9-11-17;16-9-14(18)13-7-6-12(17)8-15(13)19-10-11-4-2-1-3-5-11/h7-14,21H,4-6,15-16H2,1-3H3;1-8,14,18H,9-10H2/t21-;14-/m00/s1. The summed E-state index contributed by atoms with van der Waals surface area (Å²) in [5, 5.41) is 10.9. The third kappa shape index (κ3) is 11.3. The highest BCUT2D eigenvalue weighted by Crippen LogP contribution is 2.36. The van der Waals surface area contributed by atoms with E-state index in [4.69, 9.17) is 13.9 Å². The topological polar surface area (TPSA) is 47.9 Å². The zero-order valence-electron chi connectivity index (χ0n) is 26.0. The molecule has 0 amide bonds. The summed E-state index contributed by atoms with van der Waals surface area (Å²) in [5.74, 6) is 0.254. The van der Waals surface area contributed by atoms with Gasteiger partial charge in [-0.05, 0) is 53.5 Å². The monoisotopic (exact) mass is 762 g/mol. The first-order chi connectivity index (χ1) is 21.8. The molecule has 0 unspecified atom stereocenters. The van der Waals surface area contributed by atoms with Crippen molar-refractivity contribution in [2.45, 2.75) is 64.3 Å². The van der Waals surface area contributed by atoms with Crippen LogP contribution in [0.15, 0.2) is 97.1 Å². The lowest BCUT2D eigenvalue weighted by molar-refractivity contribution is 0.195. The van der Waals surface area contributed by atoms with Crippen LogP contribution < -0.4 is 9.47 Å². The van der Waals surface area contributed by atoms with Crippen LogP contribution in [0.25, 0.3) is 0 Å². The van der Waals surface area contributed by atoms with Crippen LogP contribution in [-0.2, 0) is 17.6 Å². The Morgan fingerprint density at radius 3 is 1.51 bits per heavy atom. The van der Waals surface area contributed by atoms with Crippen LogP contribution in [0, 0.1) is 11.6 Å². The third-order valence-electron chi connectivity index (χ3n) is 7.74. The van der Waals surface area contributed by atoms with Crippen LogP contribution in [0.3, 0.4) is 0 Å². The van der Waals surface area contributed by atoms with Gasteiger partial charge in [0.15, 0.2) is 8.32 Å². The van der Waals surface area contributed by atoms with E-state index < -0.39 is 14.4 Å². The minimum atomic E-state index is -1.79. The average Bonchev–Trinajstić information content (AvgIpc) is 3.08. The van der Waals surface area contributed by atoms with Gasteiger partial charge in [0.1, 0.15) is 36.3 Å². The smallest absolute Gasteiger partial charge is 0.192 e. The Bertz CT molecular complexity index is 1420. The maximum Gasteiger partial charge on any atom is 0.192 e. The molecule has 4 nitrogen and oxygen atoms in total. The molecule has 45 heavy (non-hydrogen) atoms. The van der Waals surface area contributed by atoms with Crippen LogP contribution >= 0.6 is 31.9 Å². The average molecular weight is 765 g/mol. The van der Waals surface area contributed by atoms with Crippen molar-refractivity contribution in [2.24, 2.45) is 0 Å². The quantitative estimate of drug-likeness (QED) is 0.0968. The fourth-order valence-corrected chi connectivity index (χ4v) is 8.73. The zero-order chi connectivity index (χ0) is 32.7. The highest BCUT2D eigenvalue weighted by Gasteiger charge is 2.33. The maximum atomic E-state index is 13.9. The molecule has 0 aliphatic carbocycles. The van der Waals surface area contributed by atoms with E-state index in [0.717, 1.165) is 34.8 Å². The SMILES string of the molecule is CC[Si](CC)(CC)O[C@@H](CBr)c1ccc(F)cc1OCc1ccccc1.O[C@@H](CBr)c1ccc(F)cc1OCc1ccccc1. The van der Waals surface area contributed by atoms with Crippen molar-refractivity contribution in [1.29, 1.82) is 0 Å². The molecule has 0 fully saturated rings. The summed E-state index contributed by atoms with van der Waals surface area (Å²) in [6.07, 6.45) is -0.848. The Morgan fingerprint density at radius 2 is 1.09 bits per heavy atom. The van der Waals surface area contributed by atoms with E-state index in [1.807, 2.05) is 60.7 Å². The third-order valence-corrected chi connectivity index (χ3v) is 13.6. The minimum absolute atomic E-state index is 0.132. The van der Waals surface area contributed by atoms with Crippen molar-refractivity contribution in [2.75, 3.05) is 10.7 Å². The Hall–Kier alpha value is -2.56. The lowest BCUT2D eigenvalue weighted by Crippen LogP contribution is -2.37. The minimum Gasteiger partial charge on any atom is -0.488 e. The van der Waals surface area contributed by atoms with Crippen LogP contribution in [0.5, 0.6) is 11.5 Å². The van der Waals surface area contributed by atoms with Gasteiger partial charge < -0.3 is 19.0 Å². The van der Waals surface area contributed by atoms with E-state index in [2.05, 4.69) is 52.6 Å². The first-order valence-electron chi connectivity index (χ1n) is 15.2. The number of aliphatic hydroxyl groups is 1. The van der Waals surface area contributed by atoms with Gasteiger partial charge in [-0.1, -0.05) is 113 Å². The molecule has 242 valence electrons. The summed E-state index contributed by atoms with van der Waals surface area (Å²) in [6.45, 7) is 7.38. The van der Waals surface area contributed by atoms with E-state index in [1.165, 1.54) is 24.3 Å². The first-order valence-corrected chi connectivity index (χ1v) is 19.9. The molecule has 4 aromatic carbocycles. The van der Waals surface area contributed by atoms with E-state index in [0.29, 0.717) is 40.9 Å². The van der Waals surface area contributed by atoms with Gasteiger partial charge in [-0.3, -0.25) is 0 Å². The van der Waals surface area contributed by atoms with Gasteiger partial charge in [0.2, 0.25) is 0 Å². The van der Waals surface area contributed by atoms with Gasteiger partial charge in [0.05, 0.1) is 12.2 Å². The van der Waals surface area contributed by atoms with Gasteiger partial charge in [-0.2, -0.15) is 0 Å². The van der Waals surface area contributed by atoms with Crippen molar-refractivity contribution >= 4 is 40.2 Å². The number of halogens is 4. The van der Waals surface area contributed by atoms with E-state index in [-0.39, 0.29) is 17.7 Å². The Kier molecular flexibility index (Phi) is 15.7. The maximum absolute atomic E-state index is 13.9. The van der Waals surface area contributed by atoms with Gasteiger partial charge in [0, 0.05) is 33.9 Å². The summed E-state index contributed by atoms with van der Waals surface area (Å²) in [5.41, 5.74) is 3.53. The van der Waals surface area contributed by atoms with Gasteiger partial charge >= 0.3 is 0 Å². The molecule has 0 spiro atoms. The number of alkyl halides is 2. The summed E-state index contributed by atoms with van der Waals surface area (Å²) >= 11 is 6.79. The van der Waals surface area contributed by atoms with Crippen molar-refractivity contribution in [1.82, 2.24) is 0 Å². The number of aliphatic hydroxyl groups excluding tert-OH is 1. The Balaban J connectivity index is 0.000000257. The molecule has 2 atom stereocenters. The molecule has 0 heterocycles. The number of rotatable bonds is 15. The summed E-state index contributed by atoms with van der Waals surface area (Å²) in [7, 11) is -1.79. The van der Waals surface area contributed by atoms with Crippen molar-refractivity contribution in [3.05, 3.63) is 131 Å². The summed E-state index contributed by atoms with van der Waals surface area (Å²) in [6, 6.07) is 31.6. The molecule has 9 heteroatoms. The normalized spacial score (nSPS) is 12.5.